The van der Waals surface area contributed by atoms with E-state index in [2.05, 4.69) is 24.0 Å². The second-order valence-electron chi connectivity index (χ2n) is 11.0. The van der Waals surface area contributed by atoms with Crippen molar-refractivity contribution in [2.75, 3.05) is 13.6 Å². The molecule has 0 unspecified atom stereocenters. The Bertz CT molecular complexity index is 1490. The maximum atomic E-state index is 14.1. The average molecular weight is 527 g/mol. The molecule has 0 spiro atoms. The lowest BCUT2D eigenvalue weighted by Gasteiger charge is -2.33. The summed E-state index contributed by atoms with van der Waals surface area (Å²) in [6.07, 6.45) is 3.19. The van der Waals surface area contributed by atoms with Crippen LogP contribution < -0.4 is 5.69 Å². The van der Waals surface area contributed by atoms with E-state index >= 15 is 0 Å². The van der Waals surface area contributed by atoms with Crippen LogP contribution in [0.4, 0.5) is 13.2 Å². The number of hydrogen-bond acceptors (Lipinski definition) is 4. The Labute approximate surface area is 219 Å². The maximum absolute atomic E-state index is 14.1. The summed E-state index contributed by atoms with van der Waals surface area (Å²) in [6, 6.07) is 8.64. The van der Waals surface area contributed by atoms with Gasteiger partial charge in [0, 0.05) is 38.4 Å². The first-order chi connectivity index (χ1) is 18.0. The zero-order chi connectivity index (χ0) is 27.2. The number of aryl methyl sites for hydroxylation is 1. The van der Waals surface area contributed by atoms with E-state index in [4.69, 9.17) is 0 Å². The molecule has 3 aromatic heterocycles. The Morgan fingerprint density at radius 3 is 2.53 bits per heavy atom. The molecule has 38 heavy (non-hydrogen) atoms. The predicted molar refractivity (Wildman–Crippen MR) is 139 cm³/mol. The van der Waals surface area contributed by atoms with Crippen molar-refractivity contribution in [3.05, 3.63) is 82.1 Å². The molecule has 3 heterocycles. The van der Waals surface area contributed by atoms with Gasteiger partial charge in [0.25, 0.3) is 0 Å². The number of rotatable bonds is 8. The molecule has 5 rings (SSSR count). The van der Waals surface area contributed by atoms with Crippen LogP contribution in [0.25, 0.3) is 11.2 Å². The largest absolute Gasteiger partial charge is 0.418 e. The van der Waals surface area contributed by atoms with Gasteiger partial charge in [0.1, 0.15) is 12.2 Å². The third kappa shape index (κ3) is 5.01. The van der Waals surface area contributed by atoms with Gasteiger partial charge in [-0.05, 0) is 61.1 Å². The number of aromatic nitrogens is 5. The molecule has 0 aliphatic heterocycles. The SMILES string of the molecule is CC(C)CN(C)Cc1cc(C(F)(F)F)c2cn(-c3cccc([C@H](c4nncn4C)C4CCC4)c3)c(=O)n2c1. The quantitative estimate of drug-likeness (QED) is 0.314. The molecule has 1 aromatic carbocycles. The van der Waals surface area contributed by atoms with Crippen LogP contribution in [-0.4, -0.2) is 42.2 Å². The zero-order valence-corrected chi connectivity index (χ0v) is 22.1. The van der Waals surface area contributed by atoms with Gasteiger partial charge >= 0.3 is 11.9 Å². The number of imidazole rings is 1. The van der Waals surface area contributed by atoms with E-state index in [0.717, 1.165) is 47.7 Å². The fraction of sp³-hybridized carbons (Fsp3) is 0.464. The van der Waals surface area contributed by atoms with Gasteiger partial charge in [-0.25, -0.2) is 4.79 Å². The molecule has 1 aliphatic carbocycles. The molecule has 0 saturated heterocycles. The van der Waals surface area contributed by atoms with Crippen molar-refractivity contribution in [1.29, 1.82) is 0 Å². The Kier molecular flexibility index (Phi) is 6.94. The summed E-state index contributed by atoms with van der Waals surface area (Å²) in [6.45, 7) is 5.15. The number of hydrogen-bond donors (Lipinski definition) is 0. The molecule has 0 radical (unpaired) electrons. The zero-order valence-electron chi connectivity index (χ0n) is 22.1. The highest BCUT2D eigenvalue weighted by atomic mass is 19.4. The lowest BCUT2D eigenvalue weighted by Crippen LogP contribution is -2.25. The molecule has 1 saturated carbocycles. The van der Waals surface area contributed by atoms with E-state index in [0.29, 0.717) is 29.6 Å². The minimum absolute atomic E-state index is 0.00207. The molecule has 202 valence electrons. The number of nitrogens with zero attached hydrogens (tertiary/aromatic N) is 6. The smallest absolute Gasteiger partial charge is 0.320 e. The van der Waals surface area contributed by atoms with E-state index in [1.54, 1.807) is 12.4 Å². The number of pyridine rings is 1. The van der Waals surface area contributed by atoms with Gasteiger partial charge in [-0.3, -0.25) is 8.97 Å². The highest BCUT2D eigenvalue weighted by molar-refractivity contribution is 5.58. The molecular weight excluding hydrogens is 493 g/mol. The van der Waals surface area contributed by atoms with Crippen LogP contribution in [0, 0.1) is 11.8 Å². The second kappa shape index (κ2) is 10.1. The molecule has 1 fully saturated rings. The lowest BCUT2D eigenvalue weighted by molar-refractivity contribution is -0.136. The standard InChI is InChI=1S/C28H33F3N6O/c1-18(2)13-34(3)14-19-11-23(28(29,30)31)24-16-36(27(38)37(24)15-19)22-10-6-9-21(12-22)25(20-7-5-8-20)26-33-32-17-35(26)4/h6,9-12,15-18,20,25H,5,7-8,13-14H2,1-4H3/t25-/m1/s1. The van der Waals surface area contributed by atoms with E-state index < -0.39 is 17.4 Å². The van der Waals surface area contributed by atoms with Crippen molar-refractivity contribution in [3.8, 4) is 5.69 Å². The molecule has 0 bridgehead atoms. The van der Waals surface area contributed by atoms with Crippen molar-refractivity contribution >= 4 is 5.52 Å². The van der Waals surface area contributed by atoms with Crippen LogP contribution in [0.2, 0.25) is 0 Å². The summed E-state index contributed by atoms with van der Waals surface area (Å²) in [4.78, 5) is 15.5. The summed E-state index contributed by atoms with van der Waals surface area (Å²) in [7, 11) is 3.78. The second-order valence-corrected chi connectivity index (χ2v) is 11.0. The fourth-order valence-electron chi connectivity index (χ4n) is 5.59. The van der Waals surface area contributed by atoms with Gasteiger partial charge in [0.2, 0.25) is 0 Å². The van der Waals surface area contributed by atoms with Crippen molar-refractivity contribution in [2.45, 2.75) is 51.7 Å². The van der Waals surface area contributed by atoms with Gasteiger partial charge in [-0.2, -0.15) is 13.2 Å². The minimum Gasteiger partial charge on any atom is -0.320 e. The average Bonchev–Trinajstić information content (AvgIpc) is 3.37. The predicted octanol–water partition coefficient (Wildman–Crippen LogP) is 5.26. The van der Waals surface area contributed by atoms with Crippen molar-refractivity contribution in [2.24, 2.45) is 18.9 Å². The maximum Gasteiger partial charge on any atom is 0.418 e. The Hall–Kier alpha value is -3.40. The number of benzene rings is 1. The molecule has 1 aliphatic rings. The van der Waals surface area contributed by atoms with Crippen LogP contribution in [0.1, 0.15) is 61.5 Å². The number of halogens is 3. The third-order valence-electron chi connectivity index (χ3n) is 7.41. The molecule has 0 N–H and O–H groups in total. The van der Waals surface area contributed by atoms with Gasteiger partial charge in [-0.15, -0.1) is 10.2 Å². The molecule has 0 amide bonds. The highest BCUT2D eigenvalue weighted by Gasteiger charge is 2.35. The van der Waals surface area contributed by atoms with Crippen LogP contribution >= 0.6 is 0 Å². The summed E-state index contributed by atoms with van der Waals surface area (Å²) in [5, 5.41) is 8.40. The minimum atomic E-state index is -4.60. The van der Waals surface area contributed by atoms with Crippen molar-refractivity contribution < 1.29 is 13.2 Å². The van der Waals surface area contributed by atoms with Gasteiger partial charge in [-0.1, -0.05) is 32.4 Å². The molecular formula is C28H33F3N6O. The Morgan fingerprint density at radius 2 is 1.92 bits per heavy atom. The summed E-state index contributed by atoms with van der Waals surface area (Å²) in [5.74, 6) is 1.61. The van der Waals surface area contributed by atoms with Crippen LogP contribution in [0.15, 0.2) is 53.8 Å². The summed E-state index contributed by atoms with van der Waals surface area (Å²) < 4.78 is 46.7. The number of alkyl halides is 3. The molecule has 7 nitrogen and oxygen atoms in total. The van der Waals surface area contributed by atoms with Crippen LogP contribution in [0.3, 0.4) is 0 Å². The first-order valence-electron chi connectivity index (χ1n) is 13.0. The Balaban J connectivity index is 1.60. The van der Waals surface area contributed by atoms with E-state index in [9.17, 15) is 18.0 Å². The molecule has 4 aromatic rings. The van der Waals surface area contributed by atoms with E-state index in [1.165, 1.54) is 17.0 Å². The first-order valence-corrected chi connectivity index (χ1v) is 13.0. The molecule has 1 atom stereocenters. The summed E-state index contributed by atoms with van der Waals surface area (Å²) in [5.41, 5.74) is 0.425. The lowest BCUT2D eigenvalue weighted by atomic mass is 9.72. The van der Waals surface area contributed by atoms with E-state index in [1.807, 2.05) is 41.8 Å². The monoisotopic (exact) mass is 526 g/mol. The summed E-state index contributed by atoms with van der Waals surface area (Å²) >= 11 is 0. The van der Waals surface area contributed by atoms with Crippen molar-refractivity contribution in [1.82, 2.24) is 28.6 Å². The first kappa shape index (κ1) is 26.2. The van der Waals surface area contributed by atoms with E-state index in [-0.39, 0.29) is 11.4 Å². The van der Waals surface area contributed by atoms with Crippen LogP contribution in [-0.2, 0) is 19.8 Å². The topological polar surface area (TPSA) is 60.4 Å². The van der Waals surface area contributed by atoms with Gasteiger partial charge in [0.05, 0.1) is 16.8 Å². The normalized spacial score (nSPS) is 15.5. The third-order valence-corrected chi connectivity index (χ3v) is 7.41. The number of fused-ring (bicyclic) bond motifs is 1. The Morgan fingerprint density at radius 1 is 1.16 bits per heavy atom. The van der Waals surface area contributed by atoms with Crippen molar-refractivity contribution in [3.63, 3.8) is 0 Å². The van der Waals surface area contributed by atoms with Gasteiger partial charge in [0.15, 0.2) is 0 Å². The highest BCUT2D eigenvalue weighted by Crippen LogP contribution is 2.43. The van der Waals surface area contributed by atoms with Gasteiger partial charge < -0.3 is 9.47 Å². The van der Waals surface area contributed by atoms with Crippen LogP contribution in [0.5, 0.6) is 0 Å². The molecule has 10 heteroatoms. The fourth-order valence-corrected chi connectivity index (χ4v) is 5.59.